The molecule has 5 heteroatoms. The van der Waals surface area contributed by atoms with E-state index in [-0.39, 0.29) is 17.3 Å². The summed E-state index contributed by atoms with van der Waals surface area (Å²) in [6.07, 6.45) is 3.02. The van der Waals surface area contributed by atoms with Crippen molar-refractivity contribution in [2.75, 3.05) is 26.2 Å². The van der Waals surface area contributed by atoms with E-state index in [4.69, 9.17) is 4.74 Å². The minimum Gasteiger partial charge on any atom is -0.368 e. The highest BCUT2D eigenvalue weighted by Gasteiger charge is 2.33. The number of nitrogens with zero attached hydrogens (tertiary/aromatic N) is 3. The quantitative estimate of drug-likeness (QED) is 0.834. The number of rotatable bonds is 2. The van der Waals surface area contributed by atoms with Crippen LogP contribution < -0.4 is 0 Å². The van der Waals surface area contributed by atoms with Gasteiger partial charge in [-0.15, -0.1) is 0 Å². The fourth-order valence-corrected chi connectivity index (χ4v) is 3.15. The van der Waals surface area contributed by atoms with Gasteiger partial charge in [-0.05, 0) is 18.4 Å². The summed E-state index contributed by atoms with van der Waals surface area (Å²) in [5.41, 5.74) is 1.57. The maximum Gasteiger partial charge on any atom is 0.166 e. The molecule has 0 spiro atoms. The van der Waals surface area contributed by atoms with Gasteiger partial charge in [0.15, 0.2) is 11.6 Å². The second-order valence-electron chi connectivity index (χ2n) is 6.78. The van der Waals surface area contributed by atoms with Crippen molar-refractivity contribution in [1.29, 1.82) is 0 Å². The normalized spacial score (nSPS) is 25.7. The van der Waals surface area contributed by atoms with Crippen molar-refractivity contribution in [3.05, 3.63) is 23.3 Å². The topological polar surface area (TPSA) is 55.3 Å². The van der Waals surface area contributed by atoms with Crippen molar-refractivity contribution < 1.29 is 9.53 Å². The van der Waals surface area contributed by atoms with Crippen LogP contribution in [0.25, 0.3) is 0 Å². The number of hydrogen-bond donors (Lipinski definition) is 0. The van der Waals surface area contributed by atoms with Gasteiger partial charge >= 0.3 is 0 Å². The van der Waals surface area contributed by atoms with E-state index in [0.717, 1.165) is 37.6 Å². The van der Waals surface area contributed by atoms with Crippen molar-refractivity contribution in [2.24, 2.45) is 5.41 Å². The largest absolute Gasteiger partial charge is 0.368 e. The number of likely N-dealkylation sites (N-methyl/N-ethyl adjacent to an activating group) is 1. The molecule has 2 aliphatic rings. The van der Waals surface area contributed by atoms with Gasteiger partial charge in [-0.25, -0.2) is 9.97 Å². The lowest BCUT2D eigenvalue weighted by atomic mass is 9.76. The molecule has 114 valence electrons. The van der Waals surface area contributed by atoms with Crippen molar-refractivity contribution in [1.82, 2.24) is 14.9 Å². The number of carbonyl (C=O) groups is 1. The van der Waals surface area contributed by atoms with Gasteiger partial charge in [0.1, 0.15) is 6.10 Å². The van der Waals surface area contributed by atoms with E-state index in [9.17, 15) is 4.79 Å². The molecule has 1 saturated heterocycles. The van der Waals surface area contributed by atoms with Crippen molar-refractivity contribution in [2.45, 2.75) is 39.7 Å². The average molecular weight is 289 g/mol. The maximum absolute atomic E-state index is 12.2. The average Bonchev–Trinajstić information content (AvgIpc) is 2.45. The zero-order valence-corrected chi connectivity index (χ0v) is 13.1. The highest BCUT2D eigenvalue weighted by molar-refractivity contribution is 5.98. The molecule has 1 aromatic rings. The molecule has 1 fully saturated rings. The Kier molecular flexibility index (Phi) is 3.80. The SMILES string of the molecule is CCN1CCOC(c2ncc3c(n2)CC(C)(C)CC3=O)C1. The number of Topliss-reactive ketones (excluding diaryl/α,β-unsaturated/α-hetero) is 1. The van der Waals surface area contributed by atoms with Crippen molar-refractivity contribution >= 4 is 5.78 Å². The number of fused-ring (bicyclic) bond motifs is 1. The standard InChI is InChI=1S/C16H23N3O2/c1-4-19-5-6-21-14(10-19)15-17-9-11-12(18-15)7-16(2,3)8-13(11)20/h9,14H,4-8,10H2,1-3H3. The third-order valence-corrected chi connectivity index (χ3v) is 4.36. The Morgan fingerprint density at radius 1 is 1.43 bits per heavy atom. The van der Waals surface area contributed by atoms with E-state index in [1.165, 1.54) is 0 Å². The van der Waals surface area contributed by atoms with Gasteiger partial charge in [0.2, 0.25) is 0 Å². The molecule has 21 heavy (non-hydrogen) atoms. The summed E-state index contributed by atoms with van der Waals surface area (Å²) in [4.78, 5) is 23.6. The van der Waals surface area contributed by atoms with Crippen LogP contribution in [0.1, 0.15) is 55.2 Å². The van der Waals surface area contributed by atoms with Crippen LogP contribution >= 0.6 is 0 Å². The van der Waals surface area contributed by atoms with Gasteiger partial charge in [0.25, 0.3) is 0 Å². The van der Waals surface area contributed by atoms with E-state index in [0.29, 0.717) is 18.6 Å². The van der Waals surface area contributed by atoms with Gasteiger partial charge in [-0.3, -0.25) is 9.69 Å². The van der Waals surface area contributed by atoms with Crippen LogP contribution in [0.2, 0.25) is 0 Å². The van der Waals surface area contributed by atoms with E-state index in [1.54, 1.807) is 6.20 Å². The Labute approximate surface area is 125 Å². The van der Waals surface area contributed by atoms with Crippen molar-refractivity contribution in [3.8, 4) is 0 Å². The summed E-state index contributed by atoms with van der Waals surface area (Å²) < 4.78 is 5.81. The van der Waals surface area contributed by atoms with Gasteiger partial charge < -0.3 is 4.74 Å². The second kappa shape index (κ2) is 5.46. The number of aromatic nitrogens is 2. The Morgan fingerprint density at radius 3 is 3.00 bits per heavy atom. The Morgan fingerprint density at radius 2 is 2.24 bits per heavy atom. The van der Waals surface area contributed by atoms with E-state index in [1.807, 2.05) is 0 Å². The van der Waals surface area contributed by atoms with Gasteiger partial charge in [-0.1, -0.05) is 20.8 Å². The molecule has 1 aromatic heterocycles. The number of carbonyl (C=O) groups excluding carboxylic acids is 1. The molecule has 3 rings (SSSR count). The van der Waals surface area contributed by atoms with Gasteiger partial charge in [0.05, 0.1) is 17.9 Å². The molecule has 0 aromatic carbocycles. The first kappa shape index (κ1) is 14.6. The maximum atomic E-state index is 12.2. The summed E-state index contributed by atoms with van der Waals surface area (Å²) in [7, 11) is 0. The Bertz CT molecular complexity index is 556. The smallest absolute Gasteiger partial charge is 0.166 e. The molecule has 0 N–H and O–H groups in total. The summed E-state index contributed by atoms with van der Waals surface area (Å²) in [5, 5.41) is 0. The van der Waals surface area contributed by atoms with Crippen LogP contribution in [-0.4, -0.2) is 46.9 Å². The molecule has 1 aliphatic heterocycles. The molecular formula is C16H23N3O2. The highest BCUT2D eigenvalue weighted by Crippen LogP contribution is 2.34. The third-order valence-electron chi connectivity index (χ3n) is 4.36. The molecular weight excluding hydrogens is 266 g/mol. The number of ketones is 1. The zero-order valence-electron chi connectivity index (χ0n) is 13.1. The predicted octanol–water partition coefficient (Wildman–Crippen LogP) is 2.02. The Balaban J connectivity index is 1.87. The first-order valence-electron chi connectivity index (χ1n) is 7.71. The monoisotopic (exact) mass is 289 g/mol. The van der Waals surface area contributed by atoms with Crippen molar-refractivity contribution in [3.63, 3.8) is 0 Å². The lowest BCUT2D eigenvalue weighted by Gasteiger charge is -2.32. The summed E-state index contributed by atoms with van der Waals surface area (Å²) in [6, 6.07) is 0. The first-order valence-corrected chi connectivity index (χ1v) is 7.71. The van der Waals surface area contributed by atoms with E-state index >= 15 is 0 Å². The number of morpholine rings is 1. The fraction of sp³-hybridized carbons (Fsp3) is 0.688. The molecule has 1 atom stereocenters. The minimum atomic E-state index is -0.0795. The predicted molar refractivity (Wildman–Crippen MR) is 79.3 cm³/mol. The van der Waals surface area contributed by atoms with Gasteiger partial charge in [0, 0.05) is 25.7 Å². The number of ether oxygens (including phenoxy) is 1. The van der Waals surface area contributed by atoms with Gasteiger partial charge in [-0.2, -0.15) is 0 Å². The molecule has 0 amide bonds. The highest BCUT2D eigenvalue weighted by atomic mass is 16.5. The van der Waals surface area contributed by atoms with Crippen LogP contribution in [0.15, 0.2) is 6.20 Å². The van der Waals surface area contributed by atoms with Crippen LogP contribution in [-0.2, 0) is 11.2 Å². The second-order valence-corrected chi connectivity index (χ2v) is 6.78. The fourth-order valence-electron chi connectivity index (χ4n) is 3.15. The summed E-state index contributed by atoms with van der Waals surface area (Å²) in [5.74, 6) is 0.880. The molecule has 0 radical (unpaired) electrons. The van der Waals surface area contributed by atoms with E-state index < -0.39 is 0 Å². The van der Waals surface area contributed by atoms with Crippen LogP contribution in [0.5, 0.6) is 0 Å². The zero-order chi connectivity index (χ0) is 15.0. The van der Waals surface area contributed by atoms with Crippen LogP contribution in [0, 0.1) is 5.41 Å². The number of hydrogen-bond acceptors (Lipinski definition) is 5. The molecule has 1 unspecified atom stereocenters. The van der Waals surface area contributed by atoms with E-state index in [2.05, 4.69) is 35.6 Å². The third kappa shape index (κ3) is 2.99. The molecule has 0 saturated carbocycles. The summed E-state index contributed by atoms with van der Waals surface area (Å²) in [6.45, 7) is 9.89. The molecule has 1 aliphatic carbocycles. The first-order chi connectivity index (χ1) is 9.98. The minimum absolute atomic E-state index is 0.0153. The lowest BCUT2D eigenvalue weighted by molar-refractivity contribution is -0.0327. The summed E-state index contributed by atoms with van der Waals surface area (Å²) >= 11 is 0. The molecule has 5 nitrogen and oxygen atoms in total. The van der Waals surface area contributed by atoms with Crippen LogP contribution in [0.4, 0.5) is 0 Å². The Hall–Kier alpha value is -1.33. The molecule has 2 heterocycles. The van der Waals surface area contributed by atoms with Crippen LogP contribution in [0.3, 0.4) is 0 Å². The lowest BCUT2D eigenvalue weighted by Crippen LogP contribution is -2.39. The molecule has 0 bridgehead atoms.